The third-order valence-electron chi connectivity index (χ3n) is 4.99. The van der Waals surface area contributed by atoms with Crippen molar-refractivity contribution in [2.24, 2.45) is 0 Å². The molecule has 0 radical (unpaired) electrons. The van der Waals surface area contributed by atoms with Crippen LogP contribution in [0.5, 0.6) is 0 Å². The topological polar surface area (TPSA) is 32.3 Å². The fourth-order valence-corrected chi connectivity index (χ4v) is 3.64. The number of hydrogen-bond donors (Lipinski definition) is 1. The molecule has 0 saturated carbocycles. The van der Waals surface area contributed by atoms with Gasteiger partial charge in [0, 0.05) is 25.3 Å². The number of anilines is 1. The van der Waals surface area contributed by atoms with Gasteiger partial charge in [0.05, 0.1) is 6.42 Å². The number of amides is 1. The number of hydrogen-bond acceptors (Lipinski definition) is 2. The predicted octanol–water partition coefficient (Wildman–Crippen LogP) is 3.51. The van der Waals surface area contributed by atoms with E-state index in [4.69, 9.17) is 0 Å². The maximum Gasteiger partial charge on any atom is 0.228 e. The lowest BCUT2D eigenvalue weighted by Gasteiger charge is -2.27. The van der Waals surface area contributed by atoms with Crippen LogP contribution in [0.4, 0.5) is 5.69 Å². The summed E-state index contributed by atoms with van der Waals surface area (Å²) in [6, 6.07) is 16.9. The number of nitrogens with one attached hydrogen (secondary N) is 1. The Balaban J connectivity index is 1.42. The Morgan fingerprint density at radius 2 is 1.92 bits per heavy atom. The molecular weight excluding hydrogens is 296 g/mol. The summed E-state index contributed by atoms with van der Waals surface area (Å²) >= 11 is 0. The molecule has 3 heteroatoms. The second kappa shape index (κ2) is 6.62. The molecule has 0 spiro atoms. The van der Waals surface area contributed by atoms with Crippen LogP contribution >= 0.6 is 0 Å². The summed E-state index contributed by atoms with van der Waals surface area (Å²) in [5, 5.41) is 2.95. The van der Waals surface area contributed by atoms with E-state index in [-0.39, 0.29) is 5.91 Å². The van der Waals surface area contributed by atoms with Crippen LogP contribution in [0.25, 0.3) is 5.57 Å². The Morgan fingerprint density at radius 1 is 1.04 bits per heavy atom. The largest absolute Gasteiger partial charge is 0.326 e. The summed E-state index contributed by atoms with van der Waals surface area (Å²) < 4.78 is 0. The third kappa shape index (κ3) is 3.13. The maximum absolute atomic E-state index is 11.7. The first-order valence-corrected chi connectivity index (χ1v) is 8.67. The molecule has 0 saturated heterocycles. The molecule has 0 atom stereocenters. The average molecular weight is 318 g/mol. The zero-order valence-electron chi connectivity index (χ0n) is 13.8. The van der Waals surface area contributed by atoms with E-state index in [1.54, 1.807) is 0 Å². The van der Waals surface area contributed by atoms with E-state index in [0.29, 0.717) is 6.42 Å². The number of carbonyl (C=O) groups excluding carboxylic acids is 1. The van der Waals surface area contributed by atoms with E-state index < -0.39 is 0 Å². The van der Waals surface area contributed by atoms with E-state index >= 15 is 0 Å². The monoisotopic (exact) mass is 318 g/mol. The summed E-state index contributed by atoms with van der Waals surface area (Å²) in [4.78, 5) is 14.2. The molecule has 0 bridgehead atoms. The smallest absolute Gasteiger partial charge is 0.228 e. The van der Waals surface area contributed by atoms with Gasteiger partial charge in [0.2, 0.25) is 5.91 Å². The fraction of sp³-hybridized carbons (Fsp3) is 0.286. The lowest BCUT2D eigenvalue weighted by atomic mass is 9.93. The van der Waals surface area contributed by atoms with Crippen molar-refractivity contribution in [1.29, 1.82) is 0 Å². The Morgan fingerprint density at radius 3 is 2.71 bits per heavy atom. The van der Waals surface area contributed by atoms with Gasteiger partial charge in [-0.2, -0.15) is 0 Å². The molecule has 4 rings (SSSR count). The first-order valence-electron chi connectivity index (χ1n) is 8.67. The van der Waals surface area contributed by atoms with E-state index in [1.165, 1.54) is 22.3 Å². The van der Waals surface area contributed by atoms with Gasteiger partial charge in [-0.25, -0.2) is 0 Å². The van der Waals surface area contributed by atoms with E-state index in [0.717, 1.165) is 38.2 Å². The summed E-state index contributed by atoms with van der Waals surface area (Å²) in [6.45, 7) is 3.18. The first kappa shape index (κ1) is 15.2. The fourth-order valence-electron chi connectivity index (χ4n) is 3.64. The molecular formula is C21H22N2O. The van der Waals surface area contributed by atoms with Crippen molar-refractivity contribution in [2.75, 3.05) is 25.0 Å². The molecule has 0 aromatic heterocycles. The van der Waals surface area contributed by atoms with Gasteiger partial charge in [0.25, 0.3) is 0 Å². The number of nitrogens with zero attached hydrogens (tertiary/aromatic N) is 1. The molecule has 122 valence electrons. The molecule has 2 heterocycles. The van der Waals surface area contributed by atoms with Crippen molar-refractivity contribution in [1.82, 2.24) is 4.90 Å². The van der Waals surface area contributed by atoms with Gasteiger partial charge in [-0.05, 0) is 41.2 Å². The summed E-state index contributed by atoms with van der Waals surface area (Å²) in [5.41, 5.74) is 6.21. The van der Waals surface area contributed by atoms with Gasteiger partial charge in [-0.3, -0.25) is 9.69 Å². The van der Waals surface area contributed by atoms with Gasteiger partial charge in [-0.1, -0.05) is 48.5 Å². The average Bonchev–Trinajstić information content (AvgIpc) is 3.01. The Kier molecular flexibility index (Phi) is 4.18. The molecule has 2 aliphatic rings. The first-order chi connectivity index (χ1) is 11.8. The van der Waals surface area contributed by atoms with Crippen LogP contribution in [0.2, 0.25) is 0 Å². The van der Waals surface area contributed by atoms with Gasteiger partial charge in [0.15, 0.2) is 0 Å². The molecule has 0 aliphatic carbocycles. The van der Waals surface area contributed by atoms with Crippen LogP contribution in [0.1, 0.15) is 23.1 Å². The van der Waals surface area contributed by atoms with Gasteiger partial charge < -0.3 is 5.32 Å². The molecule has 2 aliphatic heterocycles. The maximum atomic E-state index is 11.7. The molecule has 0 fully saturated rings. The lowest BCUT2D eigenvalue weighted by Crippen LogP contribution is -2.30. The molecule has 1 N–H and O–H groups in total. The van der Waals surface area contributed by atoms with Crippen molar-refractivity contribution in [3.63, 3.8) is 0 Å². The second-order valence-electron chi connectivity index (χ2n) is 6.57. The standard InChI is InChI=1S/C21H22N2O/c24-21-15-19-18(7-4-8-20(19)22-21)17-10-13-23(14-11-17)12-9-16-5-2-1-3-6-16/h1-8,10H,9,11-15H2,(H,22,24). The SMILES string of the molecule is O=C1Cc2c(cccc2C2=CCN(CCc3ccccc3)CC2)N1. The normalized spacial score (nSPS) is 17.3. The van der Waals surface area contributed by atoms with Crippen molar-refractivity contribution in [3.8, 4) is 0 Å². The van der Waals surface area contributed by atoms with Crippen LogP contribution < -0.4 is 5.32 Å². The quantitative estimate of drug-likeness (QED) is 0.935. The van der Waals surface area contributed by atoms with Gasteiger partial charge in [-0.15, -0.1) is 0 Å². The van der Waals surface area contributed by atoms with Crippen LogP contribution in [0.3, 0.4) is 0 Å². The van der Waals surface area contributed by atoms with Crippen molar-refractivity contribution >= 4 is 17.2 Å². The van der Waals surface area contributed by atoms with Gasteiger partial charge in [0.1, 0.15) is 0 Å². The minimum Gasteiger partial charge on any atom is -0.326 e. The van der Waals surface area contributed by atoms with Crippen molar-refractivity contribution < 1.29 is 4.79 Å². The molecule has 3 nitrogen and oxygen atoms in total. The Labute approximate surface area is 143 Å². The van der Waals surface area contributed by atoms with Crippen LogP contribution in [0.15, 0.2) is 54.6 Å². The highest BCUT2D eigenvalue weighted by Crippen LogP contribution is 2.33. The van der Waals surface area contributed by atoms with Crippen molar-refractivity contribution in [3.05, 3.63) is 71.3 Å². The zero-order valence-corrected chi connectivity index (χ0v) is 13.8. The highest BCUT2D eigenvalue weighted by Gasteiger charge is 2.23. The lowest BCUT2D eigenvalue weighted by molar-refractivity contribution is -0.115. The minimum atomic E-state index is 0.110. The van der Waals surface area contributed by atoms with Crippen molar-refractivity contribution in [2.45, 2.75) is 19.3 Å². The molecule has 2 aromatic rings. The summed E-state index contributed by atoms with van der Waals surface area (Å²) in [7, 11) is 0. The Bertz CT molecular complexity index is 780. The summed E-state index contributed by atoms with van der Waals surface area (Å²) in [6.07, 6.45) is 5.01. The highest BCUT2D eigenvalue weighted by atomic mass is 16.1. The highest BCUT2D eigenvalue weighted by molar-refractivity contribution is 6.01. The van der Waals surface area contributed by atoms with Crippen LogP contribution in [-0.2, 0) is 17.6 Å². The third-order valence-corrected chi connectivity index (χ3v) is 4.99. The van der Waals surface area contributed by atoms with E-state index in [2.05, 4.69) is 52.7 Å². The molecule has 24 heavy (non-hydrogen) atoms. The minimum absolute atomic E-state index is 0.110. The zero-order chi connectivity index (χ0) is 16.4. The van der Waals surface area contributed by atoms with Gasteiger partial charge >= 0.3 is 0 Å². The number of carbonyl (C=O) groups is 1. The molecule has 0 unspecified atom stereocenters. The van der Waals surface area contributed by atoms with Crippen LogP contribution in [0, 0.1) is 0 Å². The molecule has 2 aromatic carbocycles. The number of benzene rings is 2. The summed E-state index contributed by atoms with van der Waals surface area (Å²) in [5.74, 6) is 0.110. The number of fused-ring (bicyclic) bond motifs is 1. The second-order valence-corrected chi connectivity index (χ2v) is 6.57. The van der Waals surface area contributed by atoms with Crippen LogP contribution in [-0.4, -0.2) is 30.4 Å². The Hall–Kier alpha value is -2.39. The van der Waals surface area contributed by atoms with E-state index in [9.17, 15) is 4.79 Å². The van der Waals surface area contributed by atoms with E-state index in [1.807, 2.05) is 12.1 Å². The molecule has 1 amide bonds. The predicted molar refractivity (Wildman–Crippen MR) is 98.0 cm³/mol. The number of rotatable bonds is 4.